The van der Waals surface area contributed by atoms with E-state index in [2.05, 4.69) is 15.4 Å². The molecular weight excluding hydrogens is 384 g/mol. The molecule has 0 aliphatic carbocycles. The molecule has 142 valence electrons. The largest absolute Gasteiger partial charge is 0.486 e. The topological polar surface area (TPSA) is 69.0 Å². The maximum Gasteiger partial charge on any atom is 0.276 e. The monoisotopic (exact) mass is 404 g/mol. The van der Waals surface area contributed by atoms with Gasteiger partial charge in [-0.05, 0) is 52.0 Å². The molecule has 1 amide bonds. The van der Waals surface area contributed by atoms with Gasteiger partial charge in [0.1, 0.15) is 28.9 Å². The Labute approximate surface area is 167 Å². The van der Waals surface area contributed by atoms with Gasteiger partial charge in [-0.25, -0.2) is 9.67 Å². The first-order valence-electron chi connectivity index (χ1n) is 8.43. The first kappa shape index (κ1) is 19.4. The number of thiazole rings is 1. The van der Waals surface area contributed by atoms with Gasteiger partial charge in [0.25, 0.3) is 5.91 Å². The SMILES string of the molecule is Cc1cc(NC(=O)c2csc(COc3ccc(Cl)cc3)n2)n(C(C)(C)C)n1. The molecule has 3 aromatic rings. The Morgan fingerprint density at radius 2 is 2.00 bits per heavy atom. The van der Waals surface area contributed by atoms with Crippen LogP contribution in [0.3, 0.4) is 0 Å². The molecule has 0 aliphatic heterocycles. The van der Waals surface area contributed by atoms with E-state index in [1.807, 2.05) is 33.8 Å². The van der Waals surface area contributed by atoms with Crippen molar-refractivity contribution in [2.24, 2.45) is 0 Å². The van der Waals surface area contributed by atoms with Crippen LogP contribution in [-0.4, -0.2) is 20.7 Å². The number of benzene rings is 1. The summed E-state index contributed by atoms with van der Waals surface area (Å²) < 4.78 is 7.47. The maximum absolute atomic E-state index is 12.6. The van der Waals surface area contributed by atoms with E-state index < -0.39 is 0 Å². The Balaban J connectivity index is 1.66. The molecule has 1 N–H and O–H groups in total. The zero-order valence-electron chi connectivity index (χ0n) is 15.6. The number of amides is 1. The van der Waals surface area contributed by atoms with E-state index in [-0.39, 0.29) is 11.4 Å². The molecule has 0 bridgehead atoms. The molecule has 1 aromatic carbocycles. The smallest absolute Gasteiger partial charge is 0.276 e. The van der Waals surface area contributed by atoms with Gasteiger partial charge >= 0.3 is 0 Å². The summed E-state index contributed by atoms with van der Waals surface area (Å²) in [4.78, 5) is 16.9. The van der Waals surface area contributed by atoms with Gasteiger partial charge in [-0.15, -0.1) is 11.3 Å². The van der Waals surface area contributed by atoms with E-state index in [0.29, 0.717) is 28.9 Å². The second-order valence-electron chi connectivity index (χ2n) is 7.08. The lowest BCUT2D eigenvalue weighted by Gasteiger charge is -2.22. The van der Waals surface area contributed by atoms with E-state index in [9.17, 15) is 4.79 Å². The van der Waals surface area contributed by atoms with Crippen molar-refractivity contribution in [3.8, 4) is 5.75 Å². The molecule has 2 aromatic heterocycles. The number of anilines is 1. The molecule has 0 fully saturated rings. The van der Waals surface area contributed by atoms with Crippen LogP contribution in [0.25, 0.3) is 0 Å². The lowest BCUT2D eigenvalue weighted by atomic mass is 10.1. The quantitative estimate of drug-likeness (QED) is 0.657. The number of nitrogens with one attached hydrogen (secondary N) is 1. The number of nitrogens with zero attached hydrogens (tertiary/aromatic N) is 3. The molecule has 27 heavy (non-hydrogen) atoms. The lowest BCUT2D eigenvalue weighted by molar-refractivity contribution is 0.102. The highest BCUT2D eigenvalue weighted by Gasteiger charge is 2.21. The van der Waals surface area contributed by atoms with Crippen molar-refractivity contribution in [3.05, 3.63) is 57.1 Å². The first-order chi connectivity index (χ1) is 12.7. The summed E-state index contributed by atoms with van der Waals surface area (Å²) in [5, 5.41) is 10.4. The predicted octanol–water partition coefficient (Wildman–Crippen LogP) is 4.89. The number of aromatic nitrogens is 3. The Morgan fingerprint density at radius 3 is 2.67 bits per heavy atom. The summed E-state index contributed by atoms with van der Waals surface area (Å²) >= 11 is 7.24. The molecule has 6 nitrogen and oxygen atoms in total. The van der Waals surface area contributed by atoms with Gasteiger partial charge in [-0.2, -0.15) is 5.10 Å². The second kappa shape index (κ2) is 7.70. The molecule has 8 heteroatoms. The second-order valence-corrected chi connectivity index (χ2v) is 8.46. The number of halogens is 1. The number of ether oxygens (including phenoxy) is 1. The molecule has 0 spiro atoms. The molecule has 0 unspecified atom stereocenters. The van der Waals surface area contributed by atoms with Gasteiger partial charge in [-0.1, -0.05) is 11.6 Å². The Morgan fingerprint density at radius 1 is 1.30 bits per heavy atom. The highest BCUT2D eigenvalue weighted by molar-refractivity contribution is 7.09. The van der Waals surface area contributed by atoms with Gasteiger partial charge in [0.2, 0.25) is 0 Å². The molecule has 2 heterocycles. The average Bonchev–Trinajstić information content (AvgIpc) is 3.21. The number of hydrogen-bond acceptors (Lipinski definition) is 5. The number of carbonyl (C=O) groups excluding carboxylic acids is 1. The van der Waals surface area contributed by atoms with Crippen molar-refractivity contribution in [1.29, 1.82) is 0 Å². The molecular formula is C19H21ClN4O2S. The third-order valence-electron chi connectivity index (χ3n) is 3.67. The lowest BCUT2D eigenvalue weighted by Crippen LogP contribution is -2.26. The normalized spacial score (nSPS) is 11.4. The fourth-order valence-corrected chi connectivity index (χ4v) is 3.25. The summed E-state index contributed by atoms with van der Waals surface area (Å²) in [6.45, 7) is 8.28. The summed E-state index contributed by atoms with van der Waals surface area (Å²) in [7, 11) is 0. The zero-order chi connectivity index (χ0) is 19.6. The average molecular weight is 405 g/mol. The van der Waals surface area contributed by atoms with Gasteiger partial charge in [0, 0.05) is 16.5 Å². The highest BCUT2D eigenvalue weighted by atomic mass is 35.5. The summed E-state index contributed by atoms with van der Waals surface area (Å²) in [5.41, 5.74) is 0.959. The highest BCUT2D eigenvalue weighted by Crippen LogP contribution is 2.22. The molecule has 3 rings (SSSR count). The zero-order valence-corrected chi connectivity index (χ0v) is 17.2. The third kappa shape index (κ3) is 4.87. The van der Waals surface area contributed by atoms with Crippen LogP contribution in [0.1, 0.15) is 42.0 Å². The molecule has 0 radical (unpaired) electrons. The van der Waals surface area contributed by atoms with Gasteiger partial charge in [-0.3, -0.25) is 4.79 Å². The van der Waals surface area contributed by atoms with Crippen molar-refractivity contribution in [2.75, 3.05) is 5.32 Å². The van der Waals surface area contributed by atoms with E-state index in [1.165, 1.54) is 11.3 Å². The van der Waals surface area contributed by atoms with Crippen molar-refractivity contribution in [3.63, 3.8) is 0 Å². The van der Waals surface area contributed by atoms with Gasteiger partial charge < -0.3 is 10.1 Å². The van der Waals surface area contributed by atoms with E-state index in [1.54, 1.807) is 34.3 Å². The van der Waals surface area contributed by atoms with Crippen LogP contribution in [-0.2, 0) is 12.1 Å². The minimum absolute atomic E-state index is 0.240. The predicted molar refractivity (Wildman–Crippen MR) is 108 cm³/mol. The van der Waals surface area contributed by atoms with Crippen LogP contribution < -0.4 is 10.1 Å². The Bertz CT molecular complexity index is 942. The maximum atomic E-state index is 12.6. The van der Waals surface area contributed by atoms with Crippen LogP contribution in [0.4, 0.5) is 5.82 Å². The molecule has 0 aliphatic rings. The molecule has 0 saturated carbocycles. The van der Waals surface area contributed by atoms with Crippen LogP contribution in [0.2, 0.25) is 5.02 Å². The number of aryl methyl sites for hydroxylation is 1. The summed E-state index contributed by atoms with van der Waals surface area (Å²) in [6.07, 6.45) is 0. The van der Waals surface area contributed by atoms with Crippen molar-refractivity contribution in [2.45, 2.75) is 39.8 Å². The van der Waals surface area contributed by atoms with E-state index in [0.717, 1.165) is 10.7 Å². The van der Waals surface area contributed by atoms with Gasteiger partial charge in [0.15, 0.2) is 0 Å². The van der Waals surface area contributed by atoms with Crippen molar-refractivity contribution < 1.29 is 9.53 Å². The first-order valence-corrected chi connectivity index (χ1v) is 9.69. The minimum atomic E-state index is -0.269. The molecule has 0 atom stereocenters. The van der Waals surface area contributed by atoms with E-state index >= 15 is 0 Å². The van der Waals surface area contributed by atoms with Crippen LogP contribution in [0, 0.1) is 6.92 Å². The number of rotatable bonds is 5. The standard InChI is InChI=1S/C19H21ClN4O2S/c1-12-9-16(24(23-12)19(2,3)4)22-18(25)15-11-27-17(21-15)10-26-14-7-5-13(20)6-8-14/h5-9,11H,10H2,1-4H3,(H,22,25). The van der Waals surface area contributed by atoms with Crippen molar-refractivity contribution >= 4 is 34.7 Å². The summed E-state index contributed by atoms with van der Waals surface area (Å²) in [5.74, 6) is 1.08. The summed E-state index contributed by atoms with van der Waals surface area (Å²) in [6, 6.07) is 8.95. The van der Waals surface area contributed by atoms with Crippen LogP contribution in [0.15, 0.2) is 35.7 Å². The van der Waals surface area contributed by atoms with Crippen molar-refractivity contribution in [1.82, 2.24) is 14.8 Å². The van der Waals surface area contributed by atoms with E-state index in [4.69, 9.17) is 16.3 Å². The number of carbonyl (C=O) groups is 1. The Hall–Kier alpha value is -2.38. The molecule has 0 saturated heterocycles. The van der Waals surface area contributed by atoms with Crippen LogP contribution >= 0.6 is 22.9 Å². The number of hydrogen-bond donors (Lipinski definition) is 1. The fraction of sp³-hybridized carbons (Fsp3) is 0.316. The Kier molecular flexibility index (Phi) is 5.53. The van der Waals surface area contributed by atoms with Crippen LogP contribution in [0.5, 0.6) is 5.75 Å². The van der Waals surface area contributed by atoms with Gasteiger partial charge in [0.05, 0.1) is 11.2 Å². The minimum Gasteiger partial charge on any atom is -0.486 e. The third-order valence-corrected chi connectivity index (χ3v) is 4.74. The fourth-order valence-electron chi connectivity index (χ4n) is 2.44.